The van der Waals surface area contributed by atoms with Gasteiger partial charge in [-0.05, 0) is 19.4 Å². The molecule has 0 saturated heterocycles. The number of esters is 2. The summed E-state index contributed by atoms with van der Waals surface area (Å²) in [4.78, 5) is 23.9. The van der Waals surface area contributed by atoms with Gasteiger partial charge in [0.1, 0.15) is 0 Å². The van der Waals surface area contributed by atoms with Crippen molar-refractivity contribution >= 4 is 11.9 Å². The molecule has 6 heteroatoms. The molecule has 0 aliphatic carbocycles. The smallest absolute Gasteiger partial charge is 0.377 e. The Labute approximate surface area is 121 Å². The quantitative estimate of drug-likeness (QED) is 0.787. The molecule has 0 saturated carbocycles. The third-order valence-electron chi connectivity index (χ3n) is 2.68. The van der Waals surface area contributed by atoms with Crippen molar-refractivity contribution < 1.29 is 23.6 Å². The van der Waals surface area contributed by atoms with E-state index in [9.17, 15) is 9.59 Å². The van der Waals surface area contributed by atoms with Crippen molar-refractivity contribution in [3.05, 3.63) is 41.8 Å². The summed E-state index contributed by atoms with van der Waals surface area (Å²) in [5.74, 6) is -1.42. The first-order valence-corrected chi connectivity index (χ1v) is 6.58. The van der Waals surface area contributed by atoms with Gasteiger partial charge >= 0.3 is 11.9 Å². The summed E-state index contributed by atoms with van der Waals surface area (Å²) in [6.45, 7) is 3.77. The predicted octanol–water partition coefficient (Wildman–Crippen LogP) is 2.70. The highest BCUT2D eigenvalue weighted by Gasteiger charge is 2.28. The van der Waals surface area contributed by atoms with Crippen molar-refractivity contribution in [2.75, 3.05) is 13.2 Å². The summed E-state index contributed by atoms with van der Waals surface area (Å²) in [5, 5.41) is 3.66. The first kappa shape index (κ1) is 14.8. The van der Waals surface area contributed by atoms with E-state index in [1.54, 1.807) is 38.1 Å². The molecule has 6 nitrogen and oxygen atoms in total. The third kappa shape index (κ3) is 3.10. The minimum Gasteiger partial charge on any atom is -0.461 e. The minimum atomic E-state index is -0.667. The molecule has 0 aliphatic heterocycles. The van der Waals surface area contributed by atoms with Crippen molar-refractivity contribution in [3.63, 3.8) is 0 Å². The van der Waals surface area contributed by atoms with Gasteiger partial charge in [-0.25, -0.2) is 9.59 Å². The van der Waals surface area contributed by atoms with Crippen LogP contribution in [0.15, 0.2) is 34.9 Å². The molecule has 0 N–H and O–H groups in total. The summed E-state index contributed by atoms with van der Waals surface area (Å²) >= 11 is 0. The van der Waals surface area contributed by atoms with Crippen LogP contribution >= 0.6 is 0 Å². The van der Waals surface area contributed by atoms with Crippen LogP contribution in [-0.2, 0) is 9.47 Å². The van der Waals surface area contributed by atoms with E-state index in [-0.39, 0.29) is 30.2 Å². The lowest BCUT2D eigenvalue weighted by molar-refractivity contribution is 0.0471. The fourth-order valence-corrected chi connectivity index (χ4v) is 1.84. The Kier molecular flexibility index (Phi) is 4.71. The standard InChI is InChI=1S/C15H15NO5/c1-3-19-14(17)12-11(10-8-6-5-7-9-10)13(21-16-12)15(18)20-4-2/h5-9H,3-4H2,1-2H3. The predicted molar refractivity (Wildman–Crippen MR) is 73.9 cm³/mol. The van der Waals surface area contributed by atoms with Crippen molar-refractivity contribution in [1.82, 2.24) is 5.16 Å². The van der Waals surface area contributed by atoms with Gasteiger partial charge in [0.25, 0.3) is 5.76 Å². The number of carbonyl (C=O) groups is 2. The number of nitrogens with zero attached hydrogens (tertiary/aromatic N) is 1. The van der Waals surface area contributed by atoms with Crippen molar-refractivity contribution in [2.45, 2.75) is 13.8 Å². The number of rotatable bonds is 5. The van der Waals surface area contributed by atoms with E-state index in [2.05, 4.69) is 5.16 Å². The number of ether oxygens (including phenoxy) is 2. The minimum absolute atomic E-state index is 0.0360. The second kappa shape index (κ2) is 6.69. The fraction of sp³-hybridized carbons (Fsp3) is 0.267. The van der Waals surface area contributed by atoms with Crippen LogP contribution in [0.25, 0.3) is 11.1 Å². The Balaban J connectivity index is 2.53. The van der Waals surface area contributed by atoms with Crippen molar-refractivity contribution in [3.8, 4) is 11.1 Å². The van der Waals surface area contributed by atoms with Crippen LogP contribution in [0.4, 0.5) is 0 Å². The van der Waals surface area contributed by atoms with Crippen LogP contribution < -0.4 is 0 Å². The summed E-state index contributed by atoms with van der Waals surface area (Å²) in [7, 11) is 0. The van der Waals surface area contributed by atoms with Gasteiger partial charge in [0, 0.05) is 0 Å². The van der Waals surface area contributed by atoms with Crippen LogP contribution in [0.2, 0.25) is 0 Å². The summed E-state index contributed by atoms with van der Waals surface area (Å²) in [5.41, 5.74) is 0.878. The summed E-state index contributed by atoms with van der Waals surface area (Å²) in [6, 6.07) is 8.89. The molecule has 110 valence electrons. The second-order valence-electron chi connectivity index (χ2n) is 4.04. The van der Waals surface area contributed by atoms with Gasteiger partial charge < -0.3 is 14.0 Å². The maximum absolute atomic E-state index is 11.9. The molecule has 0 atom stereocenters. The number of hydrogen-bond acceptors (Lipinski definition) is 6. The average molecular weight is 289 g/mol. The maximum atomic E-state index is 11.9. The molecular weight excluding hydrogens is 274 g/mol. The number of benzene rings is 1. The van der Waals surface area contributed by atoms with E-state index >= 15 is 0 Å². The summed E-state index contributed by atoms with van der Waals surface area (Å²) < 4.78 is 14.9. The molecule has 0 amide bonds. The largest absolute Gasteiger partial charge is 0.461 e. The monoisotopic (exact) mass is 289 g/mol. The summed E-state index contributed by atoms with van der Waals surface area (Å²) in [6.07, 6.45) is 0. The molecule has 21 heavy (non-hydrogen) atoms. The number of aromatic nitrogens is 1. The molecule has 1 aromatic carbocycles. The normalized spacial score (nSPS) is 10.2. The van der Waals surface area contributed by atoms with E-state index in [0.717, 1.165) is 0 Å². The Morgan fingerprint density at radius 3 is 2.29 bits per heavy atom. The lowest BCUT2D eigenvalue weighted by Crippen LogP contribution is -2.09. The first-order valence-electron chi connectivity index (χ1n) is 6.58. The molecular formula is C15H15NO5. The molecule has 1 heterocycles. The molecule has 2 rings (SSSR count). The lowest BCUT2D eigenvalue weighted by atomic mass is 10.0. The molecule has 0 bridgehead atoms. The van der Waals surface area contributed by atoms with Crippen LogP contribution in [0.5, 0.6) is 0 Å². The van der Waals surface area contributed by atoms with E-state index in [1.165, 1.54) is 0 Å². The Hall–Kier alpha value is -2.63. The van der Waals surface area contributed by atoms with Crippen LogP contribution in [-0.4, -0.2) is 30.3 Å². The van der Waals surface area contributed by atoms with Crippen LogP contribution in [0, 0.1) is 0 Å². The topological polar surface area (TPSA) is 78.6 Å². The molecule has 0 spiro atoms. The van der Waals surface area contributed by atoms with E-state index in [4.69, 9.17) is 14.0 Å². The van der Waals surface area contributed by atoms with Crippen molar-refractivity contribution in [1.29, 1.82) is 0 Å². The van der Waals surface area contributed by atoms with Gasteiger partial charge in [-0.3, -0.25) is 0 Å². The third-order valence-corrected chi connectivity index (χ3v) is 2.68. The van der Waals surface area contributed by atoms with Gasteiger partial charge in [0.2, 0.25) is 0 Å². The highest BCUT2D eigenvalue weighted by atomic mass is 16.6. The zero-order valence-electron chi connectivity index (χ0n) is 11.8. The van der Waals surface area contributed by atoms with Gasteiger partial charge in [-0.1, -0.05) is 35.5 Å². The van der Waals surface area contributed by atoms with Crippen LogP contribution in [0.3, 0.4) is 0 Å². The molecule has 0 unspecified atom stereocenters. The molecule has 0 radical (unpaired) electrons. The average Bonchev–Trinajstić information content (AvgIpc) is 2.93. The second-order valence-corrected chi connectivity index (χ2v) is 4.04. The van der Waals surface area contributed by atoms with Crippen molar-refractivity contribution in [2.24, 2.45) is 0 Å². The first-order chi connectivity index (χ1) is 10.2. The molecule has 0 aliphatic rings. The number of hydrogen-bond donors (Lipinski definition) is 0. The van der Waals surface area contributed by atoms with Gasteiger partial charge in [-0.2, -0.15) is 0 Å². The zero-order chi connectivity index (χ0) is 15.2. The van der Waals surface area contributed by atoms with Crippen LogP contribution in [0.1, 0.15) is 34.9 Å². The van der Waals surface area contributed by atoms with Gasteiger partial charge in [0.15, 0.2) is 5.69 Å². The zero-order valence-corrected chi connectivity index (χ0v) is 11.8. The Bertz CT molecular complexity index is 597. The Morgan fingerprint density at radius 1 is 1.05 bits per heavy atom. The molecule has 2 aromatic rings. The molecule has 0 fully saturated rings. The van der Waals surface area contributed by atoms with E-state index < -0.39 is 11.9 Å². The highest BCUT2D eigenvalue weighted by molar-refractivity contribution is 6.03. The molecule has 1 aromatic heterocycles. The van der Waals surface area contributed by atoms with Gasteiger partial charge in [-0.15, -0.1) is 0 Å². The highest BCUT2D eigenvalue weighted by Crippen LogP contribution is 2.28. The van der Waals surface area contributed by atoms with Gasteiger partial charge in [0.05, 0.1) is 18.8 Å². The lowest BCUT2D eigenvalue weighted by Gasteiger charge is -2.04. The Morgan fingerprint density at radius 2 is 1.67 bits per heavy atom. The SMILES string of the molecule is CCOC(=O)c1noc(C(=O)OCC)c1-c1ccccc1. The van der Waals surface area contributed by atoms with E-state index in [0.29, 0.717) is 5.56 Å². The van der Waals surface area contributed by atoms with E-state index in [1.807, 2.05) is 6.07 Å². The maximum Gasteiger partial charge on any atom is 0.377 e. The fourth-order valence-electron chi connectivity index (χ4n) is 1.84. The number of carbonyl (C=O) groups excluding carboxylic acids is 2.